The lowest BCUT2D eigenvalue weighted by Crippen LogP contribution is -2.64. The number of amides is 6. The van der Waals surface area contributed by atoms with Crippen LogP contribution in [-0.2, 0) is 119 Å². The average Bonchev–Trinajstić information content (AvgIpc) is 0.827. The molecule has 6 unspecified atom stereocenters. The molecule has 0 aliphatic carbocycles. The van der Waals surface area contributed by atoms with Crippen LogP contribution in [0.4, 0.5) is 0 Å². The van der Waals surface area contributed by atoms with Crippen molar-refractivity contribution in [3.05, 3.63) is 0 Å². The van der Waals surface area contributed by atoms with Crippen LogP contribution in [0.3, 0.4) is 0 Å². The molecule has 0 spiro atoms. The monoisotopic (exact) mass is 1540 g/mol. The van der Waals surface area contributed by atoms with Gasteiger partial charge in [-0.05, 0) is 25.7 Å². The van der Waals surface area contributed by atoms with E-state index in [1.54, 1.807) is 0 Å². The van der Waals surface area contributed by atoms with Gasteiger partial charge in [-0.15, -0.1) is 0 Å². The number of aliphatic hydroxyl groups is 9. The number of ether oxygens (including phenoxy) is 17. The molecule has 15 N–H and O–H groups in total. The molecule has 6 amide bonds. The third kappa shape index (κ3) is 40.2. The number of carbonyl (C=O) groups is 8. The van der Waals surface area contributed by atoms with Gasteiger partial charge in [-0.25, -0.2) is 0 Å². The predicted octanol–water partition coefficient (Wildman–Crippen LogP) is -7.58. The lowest BCUT2D eigenvalue weighted by atomic mass is 9.97. The van der Waals surface area contributed by atoms with E-state index in [9.17, 15) is 84.3 Å². The van der Waals surface area contributed by atoms with Crippen molar-refractivity contribution in [1.82, 2.24) is 31.9 Å². The van der Waals surface area contributed by atoms with Crippen LogP contribution < -0.4 is 31.9 Å². The minimum atomic E-state index is -1.46. The summed E-state index contributed by atoms with van der Waals surface area (Å²) in [5.74, 6) is -3.05. The molecule has 40 nitrogen and oxygen atoms in total. The Bertz CT molecular complexity index is 2220. The van der Waals surface area contributed by atoms with Crippen LogP contribution in [0.25, 0.3) is 0 Å². The summed E-state index contributed by atoms with van der Waals surface area (Å²) in [4.78, 5) is 99.6. The standard InChI is InChI=1S/C66H118N6O34/c1-43(76)69-54-60(87)57(84)48(35-73)104-63(54)101-32-29-94-26-23-91-17-7-9-46(79)11-19-98-40-66(72-53(83)39-97-16-6-5-14-67-52(82)38-90-4,41-99-20-12-47(80)10-8-18-92-24-27-95-30-33-102-64-55(70-44(2)77)61(88)58(85)49(36-74)105-64)42-100-21-13-51(81)68-15-22-93-25-28-96-31-34-103-65-56(71-45(3)78)62(89)59(86)50(37-75)106-65/h48-50,54-65,73-75,84-89H,5-42H2,1-4H3,(H,67,82)(H,68,81)(H,69,76)(H,70,77)(H,71,78)(H,72,83)/t48?,49?,50?,54-,55-,56-,57-,58-,59-,60?,61?,62?,63+,64+,65+,66?/m0/s1. The molecule has 0 aromatic carbocycles. The first kappa shape index (κ1) is 95.3. The van der Waals surface area contributed by atoms with Crippen LogP contribution in [0.2, 0.25) is 0 Å². The molecule has 616 valence electrons. The fraction of sp³-hybridized carbons (Fsp3) is 0.879. The third-order valence-corrected chi connectivity index (χ3v) is 16.1. The minimum Gasteiger partial charge on any atom is -0.394 e. The fourth-order valence-corrected chi connectivity index (χ4v) is 10.6. The summed E-state index contributed by atoms with van der Waals surface area (Å²) in [6, 6.07) is -3.30. The highest BCUT2D eigenvalue weighted by molar-refractivity contribution is 5.80. The normalized spacial score (nSPS) is 25.1. The van der Waals surface area contributed by atoms with Gasteiger partial charge in [0.25, 0.3) is 0 Å². The van der Waals surface area contributed by atoms with Crippen molar-refractivity contribution < 1.29 is 165 Å². The zero-order valence-electron chi connectivity index (χ0n) is 61.3. The molecule has 15 atom stereocenters. The highest BCUT2D eigenvalue weighted by atomic mass is 16.7. The van der Waals surface area contributed by atoms with Gasteiger partial charge < -0.3 is 158 Å². The summed E-state index contributed by atoms with van der Waals surface area (Å²) < 4.78 is 95.6. The quantitative estimate of drug-likeness (QED) is 0.0252. The molecule has 3 aliphatic rings. The summed E-state index contributed by atoms with van der Waals surface area (Å²) in [7, 11) is 1.40. The highest BCUT2D eigenvalue weighted by Gasteiger charge is 2.48. The van der Waals surface area contributed by atoms with Gasteiger partial charge in [0.05, 0.1) is 145 Å². The predicted molar refractivity (Wildman–Crippen MR) is 362 cm³/mol. The van der Waals surface area contributed by atoms with E-state index in [1.165, 1.54) is 27.9 Å². The third-order valence-electron chi connectivity index (χ3n) is 16.1. The maximum absolute atomic E-state index is 13.7. The maximum atomic E-state index is 13.7. The van der Waals surface area contributed by atoms with E-state index in [2.05, 4.69) is 31.9 Å². The summed E-state index contributed by atoms with van der Waals surface area (Å²) in [5, 5.41) is 106. The molecule has 3 rings (SSSR count). The highest BCUT2D eigenvalue weighted by Crippen LogP contribution is 2.25. The molecule has 106 heavy (non-hydrogen) atoms. The molecule has 0 radical (unpaired) electrons. The van der Waals surface area contributed by atoms with E-state index in [-0.39, 0.29) is 208 Å². The Labute approximate surface area is 616 Å². The molecule has 40 heteroatoms. The van der Waals surface area contributed by atoms with Gasteiger partial charge in [0.1, 0.15) is 103 Å². The molecule has 0 bridgehead atoms. The first-order chi connectivity index (χ1) is 51.0. The van der Waals surface area contributed by atoms with Crippen molar-refractivity contribution in [1.29, 1.82) is 0 Å². The van der Waals surface area contributed by atoms with Crippen LogP contribution in [0.1, 0.15) is 78.6 Å². The molecule has 3 fully saturated rings. The number of ketones is 2. The summed E-state index contributed by atoms with van der Waals surface area (Å²) >= 11 is 0. The van der Waals surface area contributed by atoms with Gasteiger partial charge in [-0.3, -0.25) is 38.4 Å². The van der Waals surface area contributed by atoms with Gasteiger partial charge in [0.2, 0.25) is 35.4 Å². The second kappa shape index (κ2) is 57.2. The number of methoxy groups -OCH3 is 1. The Morgan fingerprint density at radius 3 is 1.08 bits per heavy atom. The molecule has 3 saturated heterocycles. The molecular weight excluding hydrogens is 1420 g/mol. The fourth-order valence-electron chi connectivity index (χ4n) is 10.6. The van der Waals surface area contributed by atoms with E-state index in [0.717, 1.165) is 0 Å². The average molecular weight is 1540 g/mol. The second-order valence-electron chi connectivity index (χ2n) is 25.0. The zero-order chi connectivity index (χ0) is 77.9. The molecule has 3 heterocycles. The number of hydrogen-bond acceptors (Lipinski definition) is 34. The van der Waals surface area contributed by atoms with E-state index >= 15 is 0 Å². The van der Waals surface area contributed by atoms with Crippen molar-refractivity contribution >= 4 is 47.0 Å². The number of Topliss-reactive ketones (excluding diaryl/α,β-unsaturated/α-hetero) is 2. The molecule has 0 aromatic rings. The van der Waals surface area contributed by atoms with Crippen molar-refractivity contribution in [2.24, 2.45) is 0 Å². The van der Waals surface area contributed by atoms with Gasteiger partial charge in [0.15, 0.2) is 18.9 Å². The number of rotatable bonds is 63. The first-order valence-electron chi connectivity index (χ1n) is 35.7. The number of aliphatic hydroxyl groups excluding tert-OH is 9. The Morgan fingerprint density at radius 1 is 0.349 bits per heavy atom. The Kier molecular flexibility index (Phi) is 51.5. The number of nitrogens with one attached hydrogen (secondary N) is 6. The van der Waals surface area contributed by atoms with E-state index in [0.29, 0.717) is 32.2 Å². The van der Waals surface area contributed by atoms with Crippen LogP contribution in [0, 0.1) is 0 Å². The van der Waals surface area contributed by atoms with E-state index in [1.807, 2.05) is 0 Å². The van der Waals surface area contributed by atoms with Crippen LogP contribution >= 0.6 is 0 Å². The van der Waals surface area contributed by atoms with E-state index < -0.39 is 153 Å². The SMILES string of the molecule is COCC(=O)NCCCCOCC(=O)NC(COCCC(=O)CCCOCCOCCO[C@@H]1OC(CO)[C@H](O)C(O)[C@@H]1NC(C)=O)(COCCC(=O)CCCOCCOCCO[C@@H]1OC(CO)[C@H](O)C(O)[C@@H]1NC(C)=O)COCCC(=O)NCCOCCOCCO[C@@H]1OC(CO)[C@H](O)C(O)[C@@H]1NC(C)=O. The number of carbonyl (C=O) groups excluding carboxylic acids is 8. The van der Waals surface area contributed by atoms with Crippen molar-refractivity contribution in [3.63, 3.8) is 0 Å². The van der Waals surface area contributed by atoms with Crippen LogP contribution in [0.15, 0.2) is 0 Å². The lowest BCUT2D eigenvalue weighted by Gasteiger charge is -2.42. The van der Waals surface area contributed by atoms with Gasteiger partial charge in [-0.1, -0.05) is 0 Å². The zero-order valence-corrected chi connectivity index (χ0v) is 61.3. The van der Waals surface area contributed by atoms with Crippen LogP contribution in [0.5, 0.6) is 0 Å². The molecular formula is C66H118N6O34. The van der Waals surface area contributed by atoms with Crippen molar-refractivity contribution in [2.45, 2.75) is 176 Å². The second-order valence-corrected chi connectivity index (χ2v) is 25.0. The van der Waals surface area contributed by atoms with Gasteiger partial charge in [0, 0.05) is 92.9 Å². The number of hydrogen-bond donors (Lipinski definition) is 15. The van der Waals surface area contributed by atoms with Crippen LogP contribution in [-0.4, -0.2) is 389 Å². The van der Waals surface area contributed by atoms with E-state index in [4.69, 9.17) is 80.5 Å². The lowest BCUT2D eigenvalue weighted by molar-refractivity contribution is -0.272. The smallest absolute Gasteiger partial charge is 0.246 e. The Hall–Kier alpha value is -4.88. The summed E-state index contributed by atoms with van der Waals surface area (Å²) in [6.07, 6.45) is -13.8. The number of unbranched alkanes of at least 4 members (excludes halogenated alkanes) is 1. The van der Waals surface area contributed by atoms with Gasteiger partial charge in [-0.2, -0.15) is 0 Å². The largest absolute Gasteiger partial charge is 0.394 e. The Balaban J connectivity index is 1.52. The topological polar surface area (TPSA) is 548 Å². The molecule has 3 aliphatic heterocycles. The maximum Gasteiger partial charge on any atom is 0.246 e. The first-order valence-corrected chi connectivity index (χ1v) is 35.7. The van der Waals surface area contributed by atoms with Crippen molar-refractivity contribution in [3.8, 4) is 0 Å². The van der Waals surface area contributed by atoms with Crippen molar-refractivity contribution in [2.75, 3.05) is 199 Å². The molecule has 0 aromatic heterocycles. The molecule has 0 saturated carbocycles. The minimum absolute atomic E-state index is 0.0189. The summed E-state index contributed by atoms with van der Waals surface area (Å²) in [6.45, 7) is 2.59. The summed E-state index contributed by atoms with van der Waals surface area (Å²) in [5.41, 5.74) is -1.46. The Morgan fingerprint density at radius 2 is 0.698 bits per heavy atom. The van der Waals surface area contributed by atoms with Gasteiger partial charge >= 0.3 is 0 Å².